The number of fused-ring (bicyclic) bond motifs is 4. The van der Waals surface area contributed by atoms with Crippen molar-refractivity contribution >= 4 is 45.2 Å². The average Bonchev–Trinajstić information content (AvgIpc) is 3.41. The number of anilines is 2. The summed E-state index contributed by atoms with van der Waals surface area (Å²) in [6.45, 7) is 7.49. The van der Waals surface area contributed by atoms with Gasteiger partial charge in [-0.3, -0.25) is 9.79 Å². The van der Waals surface area contributed by atoms with Crippen LogP contribution in [0.2, 0.25) is 0 Å². The Morgan fingerprint density at radius 3 is 2.97 bits per heavy atom. The SMILES string of the molecule is CCN(C)C(=O)C1CCc2c(sc3ncnc(Nc4cc5c(cc4OC(C)C)CN=C5)c23)C1. The molecule has 0 bridgehead atoms. The standard InChI is InChI=1S/C25H29N5O2S/c1-5-30(4)25(31)15-6-7-18-21(10-15)33-24-22(18)23(27-13-28-24)29-19-8-16-11-26-12-17(16)9-20(19)32-14(2)3/h8-9,11,13-15H,5-7,10,12H2,1-4H3,(H,27,28,29). The average molecular weight is 464 g/mol. The van der Waals surface area contributed by atoms with Crippen LogP contribution in [0.25, 0.3) is 10.2 Å². The molecule has 1 aromatic carbocycles. The van der Waals surface area contributed by atoms with E-state index in [1.54, 1.807) is 17.7 Å². The highest BCUT2D eigenvalue weighted by Gasteiger charge is 2.30. The number of nitrogens with zero attached hydrogens (tertiary/aromatic N) is 4. The molecule has 172 valence electrons. The fraction of sp³-hybridized carbons (Fsp3) is 0.440. The number of aliphatic imine (C=N–C) groups is 1. The van der Waals surface area contributed by atoms with Crippen LogP contribution < -0.4 is 10.1 Å². The molecular weight excluding hydrogens is 434 g/mol. The van der Waals surface area contributed by atoms with Crippen LogP contribution in [0.15, 0.2) is 23.5 Å². The van der Waals surface area contributed by atoms with Gasteiger partial charge < -0.3 is 15.0 Å². The quantitative estimate of drug-likeness (QED) is 0.571. The van der Waals surface area contributed by atoms with Crippen LogP contribution >= 0.6 is 11.3 Å². The Balaban J connectivity index is 1.51. The van der Waals surface area contributed by atoms with Crippen molar-refractivity contribution in [1.29, 1.82) is 0 Å². The number of carbonyl (C=O) groups is 1. The van der Waals surface area contributed by atoms with Crippen LogP contribution in [0.3, 0.4) is 0 Å². The van der Waals surface area contributed by atoms with Crippen molar-refractivity contribution in [3.63, 3.8) is 0 Å². The molecule has 1 N–H and O–H groups in total. The second kappa shape index (κ2) is 8.74. The maximum atomic E-state index is 12.7. The Labute approximate surface area is 197 Å². The molecule has 1 aliphatic carbocycles. The number of hydrogen-bond donors (Lipinski definition) is 1. The van der Waals surface area contributed by atoms with Crippen molar-refractivity contribution in [3.05, 3.63) is 40.0 Å². The summed E-state index contributed by atoms with van der Waals surface area (Å²) in [5, 5.41) is 4.61. The minimum Gasteiger partial charge on any atom is -0.489 e. The predicted molar refractivity (Wildman–Crippen MR) is 133 cm³/mol. The summed E-state index contributed by atoms with van der Waals surface area (Å²) >= 11 is 1.69. The Bertz CT molecular complexity index is 1250. The summed E-state index contributed by atoms with van der Waals surface area (Å²) in [6, 6.07) is 4.16. The molecule has 1 atom stereocenters. The largest absolute Gasteiger partial charge is 0.489 e. The molecule has 0 saturated heterocycles. The molecule has 0 fully saturated rings. The van der Waals surface area contributed by atoms with Crippen molar-refractivity contribution in [3.8, 4) is 5.75 Å². The first-order valence-corrected chi connectivity index (χ1v) is 12.4. The van der Waals surface area contributed by atoms with Crippen LogP contribution in [-0.2, 0) is 24.2 Å². The van der Waals surface area contributed by atoms with Gasteiger partial charge in [0, 0.05) is 30.6 Å². The molecule has 2 aromatic heterocycles. The van der Waals surface area contributed by atoms with Crippen molar-refractivity contribution < 1.29 is 9.53 Å². The molecule has 2 aliphatic rings. The summed E-state index contributed by atoms with van der Waals surface area (Å²) in [5.74, 6) is 1.87. The minimum absolute atomic E-state index is 0.0434. The first-order valence-electron chi connectivity index (χ1n) is 11.5. The van der Waals surface area contributed by atoms with E-state index in [4.69, 9.17) is 4.74 Å². The number of hydrogen-bond acceptors (Lipinski definition) is 7. The van der Waals surface area contributed by atoms with Gasteiger partial charge in [-0.1, -0.05) is 0 Å². The van der Waals surface area contributed by atoms with E-state index in [2.05, 4.69) is 32.4 Å². The number of carbonyl (C=O) groups excluding carboxylic acids is 1. The number of amides is 1. The van der Waals surface area contributed by atoms with E-state index in [0.29, 0.717) is 6.54 Å². The number of thiophene rings is 1. The van der Waals surface area contributed by atoms with Gasteiger partial charge in [-0.2, -0.15) is 0 Å². The number of ether oxygens (including phenoxy) is 1. The highest BCUT2D eigenvalue weighted by Crippen LogP contribution is 2.42. The lowest BCUT2D eigenvalue weighted by atomic mass is 9.87. The molecule has 8 heteroatoms. The molecular formula is C25H29N5O2S. The summed E-state index contributed by atoms with van der Waals surface area (Å²) in [5.41, 5.74) is 4.43. The van der Waals surface area contributed by atoms with Crippen molar-refractivity contribution in [2.24, 2.45) is 10.9 Å². The lowest BCUT2D eigenvalue weighted by Gasteiger charge is -2.26. The number of nitrogens with one attached hydrogen (secondary N) is 1. The summed E-state index contributed by atoms with van der Waals surface area (Å²) in [6.07, 6.45) is 6.06. The van der Waals surface area contributed by atoms with Crippen molar-refractivity contribution in [2.75, 3.05) is 18.9 Å². The Kier molecular flexibility index (Phi) is 5.78. The van der Waals surface area contributed by atoms with Gasteiger partial charge in [-0.05, 0) is 68.9 Å². The molecule has 1 amide bonds. The fourth-order valence-corrected chi connectivity index (χ4v) is 5.87. The van der Waals surface area contributed by atoms with Crippen LogP contribution in [0, 0.1) is 5.92 Å². The molecule has 0 spiro atoms. The van der Waals surface area contributed by atoms with Gasteiger partial charge in [0.15, 0.2) is 0 Å². The minimum atomic E-state index is 0.0434. The lowest BCUT2D eigenvalue weighted by Crippen LogP contribution is -2.35. The molecule has 5 rings (SSSR count). The molecule has 1 unspecified atom stereocenters. The molecule has 3 heterocycles. The van der Waals surface area contributed by atoms with E-state index in [9.17, 15) is 4.79 Å². The van der Waals surface area contributed by atoms with Crippen molar-refractivity contribution in [1.82, 2.24) is 14.9 Å². The monoisotopic (exact) mass is 463 g/mol. The topological polar surface area (TPSA) is 79.7 Å². The lowest BCUT2D eigenvalue weighted by molar-refractivity contribution is -0.134. The maximum absolute atomic E-state index is 12.7. The highest BCUT2D eigenvalue weighted by atomic mass is 32.1. The second-order valence-corrected chi connectivity index (χ2v) is 10.1. The van der Waals surface area contributed by atoms with E-state index in [1.165, 1.54) is 16.0 Å². The molecule has 1 aliphatic heterocycles. The summed E-state index contributed by atoms with van der Waals surface area (Å²) < 4.78 is 6.12. The normalized spacial score (nSPS) is 16.7. The number of rotatable bonds is 6. The van der Waals surface area contributed by atoms with Gasteiger partial charge in [0.05, 0.1) is 23.7 Å². The van der Waals surface area contributed by atoms with Gasteiger partial charge >= 0.3 is 0 Å². The van der Waals surface area contributed by atoms with E-state index < -0.39 is 0 Å². The third kappa shape index (κ3) is 4.08. The fourth-order valence-electron chi connectivity index (χ4n) is 4.60. The molecule has 3 aromatic rings. The van der Waals surface area contributed by atoms with Gasteiger partial charge in [0.2, 0.25) is 5.91 Å². The summed E-state index contributed by atoms with van der Waals surface area (Å²) in [7, 11) is 1.88. The predicted octanol–water partition coefficient (Wildman–Crippen LogP) is 4.74. The van der Waals surface area contributed by atoms with Crippen LogP contribution in [-0.4, -0.2) is 46.7 Å². The second-order valence-electron chi connectivity index (χ2n) is 9.01. The van der Waals surface area contributed by atoms with Gasteiger partial charge in [0.25, 0.3) is 0 Å². The van der Waals surface area contributed by atoms with Gasteiger partial charge in [-0.25, -0.2) is 9.97 Å². The third-order valence-electron chi connectivity index (χ3n) is 6.39. The molecule has 0 saturated carbocycles. The van der Waals surface area contributed by atoms with E-state index in [0.717, 1.165) is 58.8 Å². The highest BCUT2D eigenvalue weighted by molar-refractivity contribution is 7.19. The smallest absolute Gasteiger partial charge is 0.225 e. The third-order valence-corrected chi connectivity index (χ3v) is 7.56. The number of benzene rings is 1. The van der Waals surface area contributed by atoms with Crippen molar-refractivity contribution in [2.45, 2.75) is 52.7 Å². The van der Waals surface area contributed by atoms with Crippen LogP contribution in [0.1, 0.15) is 48.8 Å². The Morgan fingerprint density at radius 1 is 1.33 bits per heavy atom. The van der Waals surface area contributed by atoms with Gasteiger partial charge in [0.1, 0.15) is 22.7 Å². The Morgan fingerprint density at radius 2 is 2.18 bits per heavy atom. The molecule has 7 nitrogen and oxygen atoms in total. The van der Waals surface area contributed by atoms with E-state index >= 15 is 0 Å². The zero-order valence-electron chi connectivity index (χ0n) is 19.5. The first kappa shape index (κ1) is 21.8. The Hall–Kier alpha value is -3.00. The van der Waals surface area contributed by atoms with Gasteiger partial charge in [-0.15, -0.1) is 11.3 Å². The maximum Gasteiger partial charge on any atom is 0.225 e. The van der Waals surface area contributed by atoms with E-state index in [1.807, 2.05) is 38.9 Å². The van der Waals surface area contributed by atoms with E-state index in [-0.39, 0.29) is 17.9 Å². The molecule has 0 radical (unpaired) electrons. The first-order chi connectivity index (χ1) is 15.9. The molecule has 33 heavy (non-hydrogen) atoms. The van der Waals surface area contributed by atoms with Crippen LogP contribution in [0.4, 0.5) is 11.5 Å². The number of aromatic nitrogens is 2. The zero-order valence-corrected chi connectivity index (χ0v) is 20.3. The summed E-state index contributed by atoms with van der Waals surface area (Å²) in [4.78, 5) is 30.3. The number of aryl methyl sites for hydroxylation is 1. The van der Waals surface area contributed by atoms with Crippen LogP contribution in [0.5, 0.6) is 5.75 Å². The zero-order chi connectivity index (χ0) is 23.1.